The molecule has 2 heterocycles. The molecule has 30 heavy (non-hydrogen) atoms. The largest absolute Gasteiger partial charge is 0.393 e. The van der Waals surface area contributed by atoms with Crippen LogP contribution < -0.4 is 21.5 Å². The quantitative estimate of drug-likeness (QED) is 0.310. The SMILES string of the molecule is CC.CC.CC(=O)c1cc(N2CCC(O)CC2)ccc1Nc1nc(NN)ncc1Cl. The van der Waals surface area contributed by atoms with Crippen molar-refractivity contribution in [2.75, 3.05) is 28.7 Å². The lowest BCUT2D eigenvalue weighted by Crippen LogP contribution is -2.35. The van der Waals surface area contributed by atoms with Gasteiger partial charge >= 0.3 is 0 Å². The summed E-state index contributed by atoms with van der Waals surface area (Å²) in [6.45, 7) is 11.0. The Bertz CT molecular complexity index is 810. The van der Waals surface area contributed by atoms with Gasteiger partial charge in [0.25, 0.3) is 0 Å². The Morgan fingerprint density at radius 3 is 2.43 bits per heavy atom. The summed E-state index contributed by atoms with van der Waals surface area (Å²) in [5.74, 6) is 5.82. The first-order valence-corrected chi connectivity index (χ1v) is 10.7. The van der Waals surface area contributed by atoms with E-state index >= 15 is 0 Å². The van der Waals surface area contributed by atoms with Gasteiger partial charge in [0.15, 0.2) is 11.6 Å². The van der Waals surface area contributed by atoms with Crippen LogP contribution in [0, 0.1) is 0 Å². The molecule has 0 aliphatic carbocycles. The lowest BCUT2D eigenvalue weighted by atomic mass is 10.0. The van der Waals surface area contributed by atoms with E-state index in [9.17, 15) is 9.90 Å². The van der Waals surface area contributed by atoms with E-state index in [-0.39, 0.29) is 17.8 Å². The number of piperidine rings is 1. The number of nitrogens with zero attached hydrogens (tertiary/aromatic N) is 3. The third-order valence-corrected chi connectivity index (χ3v) is 4.61. The summed E-state index contributed by atoms with van der Waals surface area (Å²) in [4.78, 5) is 22.4. The van der Waals surface area contributed by atoms with Gasteiger partial charge in [-0.2, -0.15) is 4.98 Å². The maximum Gasteiger partial charge on any atom is 0.239 e. The summed E-state index contributed by atoms with van der Waals surface area (Å²) < 4.78 is 0. The lowest BCUT2D eigenvalue weighted by Gasteiger charge is -2.32. The highest BCUT2D eigenvalue weighted by molar-refractivity contribution is 6.33. The number of Topliss-reactive ketones (excluding diaryl/α,β-unsaturated/α-hetero) is 1. The normalized spacial score (nSPS) is 13.4. The molecule has 0 atom stereocenters. The molecule has 1 aromatic carbocycles. The van der Waals surface area contributed by atoms with Crippen molar-refractivity contribution in [3.05, 3.63) is 35.0 Å². The average molecular weight is 437 g/mol. The molecule has 0 saturated carbocycles. The van der Waals surface area contributed by atoms with Crippen molar-refractivity contribution < 1.29 is 9.90 Å². The van der Waals surface area contributed by atoms with Crippen LogP contribution in [0.1, 0.15) is 57.8 Å². The molecule has 1 aliphatic rings. The highest BCUT2D eigenvalue weighted by Crippen LogP contribution is 2.30. The minimum absolute atomic E-state index is 0.0752. The Kier molecular flexibility index (Phi) is 11.1. The Hall–Kier alpha value is -2.42. The zero-order valence-corrected chi connectivity index (χ0v) is 19.1. The number of anilines is 4. The number of hydrogen-bond acceptors (Lipinski definition) is 8. The lowest BCUT2D eigenvalue weighted by molar-refractivity contribution is 0.101. The van der Waals surface area contributed by atoms with E-state index < -0.39 is 0 Å². The van der Waals surface area contributed by atoms with Gasteiger partial charge in [-0.05, 0) is 38.0 Å². The molecule has 2 aromatic rings. The monoisotopic (exact) mass is 436 g/mol. The smallest absolute Gasteiger partial charge is 0.239 e. The van der Waals surface area contributed by atoms with Crippen molar-refractivity contribution in [3.63, 3.8) is 0 Å². The molecule has 3 rings (SSSR count). The number of aliphatic hydroxyl groups excluding tert-OH is 1. The van der Waals surface area contributed by atoms with Crippen LogP contribution in [-0.4, -0.2) is 40.1 Å². The van der Waals surface area contributed by atoms with Gasteiger partial charge in [-0.3, -0.25) is 10.2 Å². The zero-order valence-electron chi connectivity index (χ0n) is 18.4. The minimum atomic E-state index is -0.246. The molecular weight excluding hydrogens is 404 g/mol. The first-order chi connectivity index (χ1) is 14.5. The van der Waals surface area contributed by atoms with Crippen LogP contribution in [0.15, 0.2) is 24.4 Å². The Morgan fingerprint density at radius 2 is 1.87 bits per heavy atom. The fourth-order valence-electron chi connectivity index (χ4n) is 2.91. The van der Waals surface area contributed by atoms with E-state index in [1.54, 1.807) is 0 Å². The van der Waals surface area contributed by atoms with Crippen molar-refractivity contribution in [2.45, 2.75) is 53.6 Å². The van der Waals surface area contributed by atoms with E-state index in [1.807, 2.05) is 45.9 Å². The number of carbonyl (C=O) groups is 1. The van der Waals surface area contributed by atoms with Gasteiger partial charge in [0.2, 0.25) is 5.95 Å². The number of aromatic nitrogens is 2. The minimum Gasteiger partial charge on any atom is -0.393 e. The third kappa shape index (κ3) is 6.83. The van der Waals surface area contributed by atoms with E-state index in [1.165, 1.54) is 13.1 Å². The van der Waals surface area contributed by atoms with Crippen molar-refractivity contribution >= 4 is 40.5 Å². The molecule has 0 amide bonds. The average Bonchev–Trinajstić information content (AvgIpc) is 2.78. The molecular formula is C21H33ClN6O2. The van der Waals surface area contributed by atoms with Crippen LogP contribution in [0.25, 0.3) is 0 Å². The molecule has 1 aromatic heterocycles. The summed E-state index contributed by atoms with van der Waals surface area (Å²) in [5.41, 5.74) is 4.44. The second-order valence-electron chi connectivity index (χ2n) is 6.16. The van der Waals surface area contributed by atoms with Gasteiger partial charge in [-0.15, -0.1) is 0 Å². The maximum absolute atomic E-state index is 12.2. The van der Waals surface area contributed by atoms with Crippen LogP contribution in [0.4, 0.5) is 23.1 Å². The highest BCUT2D eigenvalue weighted by atomic mass is 35.5. The molecule has 1 fully saturated rings. The number of carbonyl (C=O) groups excluding carboxylic acids is 1. The van der Waals surface area contributed by atoms with Gasteiger partial charge < -0.3 is 15.3 Å². The number of aliphatic hydroxyl groups is 1. The van der Waals surface area contributed by atoms with Crippen LogP contribution >= 0.6 is 11.6 Å². The van der Waals surface area contributed by atoms with E-state index in [0.29, 0.717) is 22.1 Å². The zero-order chi connectivity index (χ0) is 22.7. The standard InChI is InChI=1S/C17H21ClN6O2.2C2H6/c1-10(25)13-8-11(24-6-4-12(26)5-7-24)2-3-15(13)21-16-14(18)9-20-17(22-16)23-19;2*1-2/h2-3,8-9,12,26H,4-7,19H2,1H3,(H2,20,21,22,23);2*1-2H3. The van der Waals surface area contributed by atoms with Crippen molar-refractivity contribution in [1.82, 2.24) is 9.97 Å². The maximum atomic E-state index is 12.2. The second-order valence-corrected chi connectivity index (χ2v) is 6.57. The van der Waals surface area contributed by atoms with Crippen LogP contribution in [0.2, 0.25) is 5.02 Å². The molecule has 0 radical (unpaired) electrons. The molecule has 1 aliphatic heterocycles. The van der Waals surface area contributed by atoms with Gasteiger partial charge in [0.1, 0.15) is 5.02 Å². The fourth-order valence-corrected chi connectivity index (χ4v) is 3.04. The summed E-state index contributed by atoms with van der Waals surface area (Å²) in [7, 11) is 0. The predicted molar refractivity (Wildman–Crippen MR) is 125 cm³/mol. The van der Waals surface area contributed by atoms with Crippen molar-refractivity contribution in [1.29, 1.82) is 0 Å². The van der Waals surface area contributed by atoms with E-state index in [2.05, 4.69) is 25.6 Å². The fraction of sp³-hybridized carbons (Fsp3) is 0.476. The van der Waals surface area contributed by atoms with Gasteiger partial charge in [-0.1, -0.05) is 39.3 Å². The summed E-state index contributed by atoms with van der Waals surface area (Å²) >= 11 is 6.13. The number of nitrogens with one attached hydrogen (secondary N) is 2. The number of nitrogen functional groups attached to an aromatic ring is 1. The Morgan fingerprint density at radius 1 is 1.23 bits per heavy atom. The first-order valence-electron chi connectivity index (χ1n) is 10.3. The van der Waals surface area contributed by atoms with Crippen LogP contribution in [0.3, 0.4) is 0 Å². The molecule has 0 bridgehead atoms. The molecule has 1 saturated heterocycles. The van der Waals surface area contributed by atoms with Crippen molar-refractivity contribution in [3.8, 4) is 0 Å². The number of halogens is 1. The van der Waals surface area contributed by atoms with Crippen LogP contribution in [0.5, 0.6) is 0 Å². The second kappa shape index (κ2) is 13.0. The van der Waals surface area contributed by atoms with Gasteiger partial charge in [0, 0.05) is 24.3 Å². The van der Waals surface area contributed by atoms with Gasteiger partial charge in [0.05, 0.1) is 18.0 Å². The summed E-state index contributed by atoms with van der Waals surface area (Å²) in [6.07, 6.45) is 2.62. The topological polar surface area (TPSA) is 116 Å². The number of hydrazine groups is 1. The number of rotatable bonds is 5. The molecule has 9 heteroatoms. The molecule has 166 valence electrons. The van der Waals surface area contributed by atoms with Crippen LogP contribution in [-0.2, 0) is 0 Å². The van der Waals surface area contributed by atoms with E-state index in [4.69, 9.17) is 17.4 Å². The summed E-state index contributed by atoms with van der Waals surface area (Å²) in [6, 6.07) is 5.61. The Labute approximate surface area is 183 Å². The molecule has 8 nitrogen and oxygen atoms in total. The number of ketones is 1. The number of nitrogens with two attached hydrogens (primary N) is 1. The molecule has 0 unspecified atom stereocenters. The Balaban J connectivity index is 0.00000106. The molecule has 0 spiro atoms. The summed E-state index contributed by atoms with van der Waals surface area (Å²) in [5, 5.41) is 13.1. The third-order valence-electron chi connectivity index (χ3n) is 4.34. The first kappa shape index (κ1) is 25.6. The highest BCUT2D eigenvalue weighted by Gasteiger charge is 2.19. The van der Waals surface area contributed by atoms with E-state index in [0.717, 1.165) is 31.6 Å². The number of hydrogen-bond donors (Lipinski definition) is 4. The predicted octanol–water partition coefficient (Wildman–Crippen LogP) is 4.38. The molecule has 5 N–H and O–H groups in total. The van der Waals surface area contributed by atoms with Gasteiger partial charge in [-0.25, -0.2) is 10.8 Å². The number of benzene rings is 1. The van der Waals surface area contributed by atoms with Crippen molar-refractivity contribution in [2.24, 2.45) is 5.84 Å².